The third kappa shape index (κ3) is 2.65. The van der Waals surface area contributed by atoms with Crippen LogP contribution in [0.1, 0.15) is 24.2 Å². The predicted molar refractivity (Wildman–Crippen MR) is 106 cm³/mol. The number of furan rings is 1. The van der Waals surface area contributed by atoms with Crippen LogP contribution >= 0.6 is 11.6 Å². The first-order valence-electron chi connectivity index (χ1n) is 9.49. The van der Waals surface area contributed by atoms with Gasteiger partial charge in [0.05, 0.1) is 18.1 Å². The van der Waals surface area contributed by atoms with Crippen molar-refractivity contribution in [2.45, 2.75) is 19.8 Å². The Hall–Kier alpha value is -2.66. The molecule has 2 fully saturated rings. The van der Waals surface area contributed by atoms with Crippen LogP contribution in [0.4, 0.5) is 0 Å². The van der Waals surface area contributed by atoms with Crippen molar-refractivity contribution < 1.29 is 14.0 Å². The fourth-order valence-corrected chi connectivity index (χ4v) is 4.79. The van der Waals surface area contributed by atoms with E-state index in [1.54, 1.807) is 6.07 Å². The summed E-state index contributed by atoms with van der Waals surface area (Å²) in [4.78, 5) is 25.5. The van der Waals surface area contributed by atoms with Gasteiger partial charge in [0.15, 0.2) is 0 Å². The molecule has 2 bridgehead atoms. The lowest BCUT2D eigenvalue weighted by atomic mass is 9.63. The van der Waals surface area contributed by atoms with Crippen molar-refractivity contribution >= 4 is 29.6 Å². The first kappa shape index (κ1) is 17.4. The number of hydrogen-bond donors (Lipinski definition) is 0. The molecule has 4 aliphatic rings. The van der Waals surface area contributed by atoms with Gasteiger partial charge in [-0.25, -0.2) is 0 Å². The zero-order chi connectivity index (χ0) is 19.4. The number of rotatable bonds is 3. The highest BCUT2D eigenvalue weighted by molar-refractivity contribution is 6.31. The van der Waals surface area contributed by atoms with E-state index in [2.05, 4.69) is 17.3 Å². The highest BCUT2D eigenvalue weighted by Crippen LogP contribution is 2.49. The summed E-state index contributed by atoms with van der Waals surface area (Å²) in [7, 11) is 0. The number of imide groups is 1. The summed E-state index contributed by atoms with van der Waals surface area (Å²) in [6, 6.07) is 9.29. The molecule has 2 heterocycles. The molecule has 0 N–H and O–H groups in total. The van der Waals surface area contributed by atoms with E-state index >= 15 is 0 Å². The topological polar surface area (TPSA) is 62.9 Å². The quantitative estimate of drug-likeness (QED) is 0.439. The fraction of sp³-hybridized carbons (Fsp3) is 0.318. The number of carbonyl (C=O) groups is 2. The number of benzene rings is 1. The van der Waals surface area contributed by atoms with E-state index in [4.69, 9.17) is 16.0 Å². The second-order valence-electron chi connectivity index (χ2n) is 7.74. The van der Waals surface area contributed by atoms with Crippen LogP contribution in [0.15, 0.2) is 52.0 Å². The summed E-state index contributed by atoms with van der Waals surface area (Å²) in [5, 5.41) is 5.89. The number of halogens is 1. The molecule has 1 aromatic heterocycles. The molecular formula is C22H19ClN2O3. The molecule has 6 rings (SSSR count). The Morgan fingerprint density at radius 3 is 2.36 bits per heavy atom. The van der Waals surface area contributed by atoms with Gasteiger partial charge in [0.1, 0.15) is 11.5 Å². The van der Waals surface area contributed by atoms with E-state index in [9.17, 15) is 9.59 Å². The molecule has 6 heteroatoms. The number of fused-ring (bicyclic) bond motifs is 1. The van der Waals surface area contributed by atoms with Crippen molar-refractivity contribution in [2.75, 3.05) is 0 Å². The summed E-state index contributed by atoms with van der Waals surface area (Å²) >= 11 is 6.18. The Kier molecular flexibility index (Phi) is 4.02. The first-order chi connectivity index (χ1) is 13.5. The van der Waals surface area contributed by atoms with Crippen LogP contribution in [0.25, 0.3) is 11.3 Å². The van der Waals surface area contributed by atoms with Crippen molar-refractivity contribution in [3.05, 3.63) is 58.8 Å². The van der Waals surface area contributed by atoms with Crippen molar-refractivity contribution in [3.63, 3.8) is 0 Å². The minimum atomic E-state index is -0.254. The zero-order valence-electron chi connectivity index (χ0n) is 15.3. The van der Waals surface area contributed by atoms with Crippen LogP contribution in [0.3, 0.4) is 0 Å². The van der Waals surface area contributed by atoms with Gasteiger partial charge in [0, 0.05) is 10.6 Å². The van der Waals surface area contributed by atoms with Crippen LogP contribution in [-0.2, 0) is 9.59 Å². The van der Waals surface area contributed by atoms with Crippen LogP contribution in [0.5, 0.6) is 0 Å². The highest BCUT2D eigenvalue weighted by Gasteiger charge is 2.56. The molecule has 2 amide bonds. The maximum Gasteiger partial charge on any atom is 0.254 e. The maximum absolute atomic E-state index is 12.8. The lowest BCUT2D eigenvalue weighted by Crippen LogP contribution is -2.38. The average Bonchev–Trinajstić information content (AvgIpc) is 3.28. The van der Waals surface area contributed by atoms with E-state index in [1.807, 2.05) is 31.2 Å². The standard InChI is InChI=1S/C22H19ClN2O3/c1-12-2-3-15(10-17(12)23)18-9-8-16(28-18)11-24-25-21(26)19-13-4-5-14(7-6-13)20(19)22(25)27/h2-5,8-11,13-14,19-20H,6-7H2,1H3/b24-11-/t13-,14-,19+,20+/m0/s1. The minimum Gasteiger partial charge on any atom is -0.455 e. The lowest BCUT2D eigenvalue weighted by molar-refractivity contribution is -0.140. The molecule has 5 nitrogen and oxygen atoms in total. The van der Waals surface area contributed by atoms with Gasteiger partial charge in [-0.3, -0.25) is 9.59 Å². The number of carbonyl (C=O) groups excluding carboxylic acids is 2. The molecule has 28 heavy (non-hydrogen) atoms. The fourth-order valence-electron chi connectivity index (χ4n) is 4.61. The van der Waals surface area contributed by atoms with Gasteiger partial charge in [-0.05, 0) is 55.4 Å². The molecule has 0 unspecified atom stereocenters. The van der Waals surface area contributed by atoms with Crippen LogP contribution < -0.4 is 0 Å². The van der Waals surface area contributed by atoms with Crippen LogP contribution in [-0.4, -0.2) is 23.0 Å². The second-order valence-corrected chi connectivity index (χ2v) is 8.15. The molecule has 0 spiro atoms. The summed E-state index contributed by atoms with van der Waals surface area (Å²) in [5.74, 6) is 0.554. The van der Waals surface area contributed by atoms with Gasteiger partial charge < -0.3 is 4.42 Å². The molecule has 4 atom stereocenters. The van der Waals surface area contributed by atoms with Gasteiger partial charge in [-0.1, -0.05) is 35.9 Å². The Balaban J connectivity index is 1.37. The maximum atomic E-state index is 12.8. The van der Waals surface area contributed by atoms with Crippen molar-refractivity contribution in [1.82, 2.24) is 5.01 Å². The number of amides is 2. The molecule has 142 valence electrons. The summed E-state index contributed by atoms with van der Waals surface area (Å²) in [5.41, 5.74) is 1.85. The van der Waals surface area contributed by atoms with Gasteiger partial charge >= 0.3 is 0 Å². The Bertz CT molecular complexity index is 1010. The summed E-state index contributed by atoms with van der Waals surface area (Å²) in [6.45, 7) is 1.94. The number of aryl methyl sites for hydroxylation is 1. The third-order valence-corrected chi connectivity index (χ3v) is 6.53. The van der Waals surface area contributed by atoms with Crippen LogP contribution in [0, 0.1) is 30.6 Å². The third-order valence-electron chi connectivity index (χ3n) is 6.12. The Morgan fingerprint density at radius 1 is 1.07 bits per heavy atom. The number of nitrogens with zero attached hydrogens (tertiary/aromatic N) is 2. The summed E-state index contributed by atoms with van der Waals surface area (Å²) in [6.07, 6.45) is 7.57. The lowest BCUT2D eigenvalue weighted by Gasteiger charge is -2.37. The molecule has 1 aliphatic heterocycles. The SMILES string of the molecule is Cc1ccc(-c2ccc(/C=N\N3C(=O)[C@H]4[C@H](C3=O)[C@H]3C=C[C@H]4CC3)o2)cc1Cl. The largest absolute Gasteiger partial charge is 0.455 e. The van der Waals surface area contributed by atoms with Gasteiger partial charge in [-0.15, -0.1) is 0 Å². The number of allylic oxidation sites excluding steroid dienone is 2. The molecule has 1 saturated carbocycles. The number of hydrogen-bond acceptors (Lipinski definition) is 4. The smallest absolute Gasteiger partial charge is 0.254 e. The molecule has 1 saturated heterocycles. The Labute approximate surface area is 167 Å². The van der Waals surface area contributed by atoms with Gasteiger partial charge in [-0.2, -0.15) is 10.1 Å². The van der Waals surface area contributed by atoms with Crippen LogP contribution in [0.2, 0.25) is 5.02 Å². The Morgan fingerprint density at radius 2 is 1.75 bits per heavy atom. The normalized spacial score (nSPS) is 28.6. The van der Waals surface area contributed by atoms with Crippen molar-refractivity contribution in [2.24, 2.45) is 28.8 Å². The monoisotopic (exact) mass is 394 g/mol. The van der Waals surface area contributed by atoms with E-state index in [0.717, 1.165) is 29.0 Å². The highest BCUT2D eigenvalue weighted by atomic mass is 35.5. The van der Waals surface area contributed by atoms with E-state index in [0.29, 0.717) is 16.5 Å². The van der Waals surface area contributed by atoms with Gasteiger partial charge in [0.25, 0.3) is 11.8 Å². The number of hydrazone groups is 1. The average molecular weight is 395 g/mol. The van der Waals surface area contributed by atoms with E-state index in [1.165, 1.54) is 6.21 Å². The molecular weight excluding hydrogens is 376 g/mol. The molecule has 3 aliphatic carbocycles. The minimum absolute atomic E-state index is 0.160. The summed E-state index contributed by atoms with van der Waals surface area (Å²) < 4.78 is 5.80. The second kappa shape index (κ2) is 6.45. The van der Waals surface area contributed by atoms with E-state index < -0.39 is 0 Å². The molecule has 2 aromatic rings. The molecule has 1 aromatic carbocycles. The van der Waals surface area contributed by atoms with Crippen molar-refractivity contribution in [3.8, 4) is 11.3 Å². The van der Waals surface area contributed by atoms with E-state index in [-0.39, 0.29) is 35.5 Å². The first-order valence-corrected chi connectivity index (χ1v) is 9.87. The molecule has 0 radical (unpaired) electrons. The van der Waals surface area contributed by atoms with Crippen molar-refractivity contribution in [1.29, 1.82) is 0 Å². The zero-order valence-corrected chi connectivity index (χ0v) is 16.1. The predicted octanol–water partition coefficient (Wildman–Crippen LogP) is 4.44. The van der Waals surface area contributed by atoms with Gasteiger partial charge in [0.2, 0.25) is 0 Å².